The van der Waals surface area contributed by atoms with Gasteiger partial charge >= 0.3 is 0 Å². The van der Waals surface area contributed by atoms with E-state index in [2.05, 4.69) is 38.1 Å². The molecule has 3 nitrogen and oxygen atoms in total. The van der Waals surface area contributed by atoms with Crippen molar-refractivity contribution >= 4 is 5.91 Å². The van der Waals surface area contributed by atoms with Crippen LogP contribution in [0.1, 0.15) is 56.2 Å². The van der Waals surface area contributed by atoms with E-state index in [9.17, 15) is 4.79 Å². The zero-order valence-corrected chi connectivity index (χ0v) is 10.6. The van der Waals surface area contributed by atoms with E-state index in [0.29, 0.717) is 12.3 Å². The standard InChI is InChI=1S/C14H22N2O/c1-10(2)11-6-8-12(9-7-11)13(15)4-3-5-14(16)17/h6-10,13H,3-5,15H2,1-2H3,(H2,16,17). The van der Waals surface area contributed by atoms with E-state index in [1.54, 1.807) is 0 Å². The second-order valence-corrected chi connectivity index (χ2v) is 4.79. The SMILES string of the molecule is CC(C)c1ccc(C(N)CCCC(N)=O)cc1. The number of carbonyl (C=O) groups is 1. The molecule has 0 heterocycles. The molecule has 94 valence electrons. The molecule has 1 rings (SSSR count). The van der Waals surface area contributed by atoms with E-state index in [1.165, 1.54) is 5.56 Å². The van der Waals surface area contributed by atoms with Crippen LogP contribution in [-0.4, -0.2) is 5.91 Å². The Kier molecular flexibility index (Phi) is 5.16. The average molecular weight is 234 g/mol. The van der Waals surface area contributed by atoms with Gasteiger partial charge in [0.05, 0.1) is 0 Å². The molecule has 1 aromatic carbocycles. The first-order valence-corrected chi connectivity index (χ1v) is 6.14. The van der Waals surface area contributed by atoms with Gasteiger partial charge in [-0.3, -0.25) is 4.79 Å². The summed E-state index contributed by atoms with van der Waals surface area (Å²) < 4.78 is 0. The van der Waals surface area contributed by atoms with Crippen molar-refractivity contribution in [1.29, 1.82) is 0 Å². The number of amides is 1. The van der Waals surface area contributed by atoms with E-state index in [1.807, 2.05) is 0 Å². The summed E-state index contributed by atoms with van der Waals surface area (Å²) in [5.74, 6) is 0.280. The molecule has 1 aromatic rings. The topological polar surface area (TPSA) is 69.1 Å². The molecule has 0 radical (unpaired) electrons. The first-order valence-electron chi connectivity index (χ1n) is 6.14. The van der Waals surface area contributed by atoms with Gasteiger partial charge < -0.3 is 11.5 Å². The highest BCUT2D eigenvalue weighted by atomic mass is 16.1. The maximum Gasteiger partial charge on any atom is 0.217 e. The normalized spacial score (nSPS) is 12.7. The van der Waals surface area contributed by atoms with Crippen molar-refractivity contribution in [2.75, 3.05) is 0 Å². The molecule has 0 aliphatic heterocycles. The number of carbonyl (C=O) groups excluding carboxylic acids is 1. The molecule has 1 unspecified atom stereocenters. The van der Waals surface area contributed by atoms with Crippen LogP contribution in [0.15, 0.2) is 24.3 Å². The van der Waals surface area contributed by atoms with Gasteiger partial charge in [-0.15, -0.1) is 0 Å². The average Bonchev–Trinajstić information content (AvgIpc) is 2.28. The fraction of sp³-hybridized carbons (Fsp3) is 0.500. The Hall–Kier alpha value is -1.35. The molecule has 1 atom stereocenters. The number of rotatable bonds is 6. The summed E-state index contributed by atoms with van der Waals surface area (Å²) in [6.07, 6.45) is 1.96. The molecule has 17 heavy (non-hydrogen) atoms. The van der Waals surface area contributed by atoms with Crippen molar-refractivity contribution in [3.8, 4) is 0 Å². The van der Waals surface area contributed by atoms with Gasteiger partial charge in [0.1, 0.15) is 0 Å². The molecular formula is C14H22N2O. The minimum absolute atomic E-state index is 0.00411. The monoisotopic (exact) mass is 234 g/mol. The smallest absolute Gasteiger partial charge is 0.217 e. The molecule has 3 heteroatoms. The first-order chi connectivity index (χ1) is 8.00. The lowest BCUT2D eigenvalue weighted by atomic mass is 9.97. The number of nitrogens with two attached hydrogens (primary N) is 2. The zero-order chi connectivity index (χ0) is 12.8. The quantitative estimate of drug-likeness (QED) is 0.793. The highest BCUT2D eigenvalue weighted by Crippen LogP contribution is 2.20. The minimum Gasteiger partial charge on any atom is -0.370 e. The third-order valence-electron chi connectivity index (χ3n) is 2.97. The summed E-state index contributed by atoms with van der Waals surface area (Å²) >= 11 is 0. The highest BCUT2D eigenvalue weighted by Gasteiger charge is 2.07. The van der Waals surface area contributed by atoms with E-state index < -0.39 is 0 Å². The Morgan fingerprint density at radius 1 is 1.18 bits per heavy atom. The maximum atomic E-state index is 10.6. The molecule has 0 bridgehead atoms. The summed E-state index contributed by atoms with van der Waals surface area (Å²) in [4.78, 5) is 10.6. The molecule has 0 saturated heterocycles. The van der Waals surface area contributed by atoms with Crippen LogP contribution in [-0.2, 0) is 4.79 Å². The van der Waals surface area contributed by atoms with Gasteiger partial charge in [0.25, 0.3) is 0 Å². The first kappa shape index (κ1) is 13.7. The number of hydrogen-bond donors (Lipinski definition) is 2. The van der Waals surface area contributed by atoms with E-state index in [-0.39, 0.29) is 11.9 Å². The van der Waals surface area contributed by atoms with Crippen LogP contribution in [0, 0.1) is 0 Å². The Labute approximate surface area is 103 Å². The molecule has 1 amide bonds. The van der Waals surface area contributed by atoms with Crippen LogP contribution >= 0.6 is 0 Å². The largest absolute Gasteiger partial charge is 0.370 e. The zero-order valence-electron chi connectivity index (χ0n) is 10.6. The molecule has 4 N–H and O–H groups in total. The van der Waals surface area contributed by atoms with Crippen molar-refractivity contribution in [3.05, 3.63) is 35.4 Å². The lowest BCUT2D eigenvalue weighted by molar-refractivity contribution is -0.118. The molecule has 0 saturated carbocycles. The van der Waals surface area contributed by atoms with Gasteiger partial charge in [-0.25, -0.2) is 0 Å². The lowest BCUT2D eigenvalue weighted by Gasteiger charge is -2.13. The van der Waals surface area contributed by atoms with E-state index in [0.717, 1.165) is 18.4 Å². The molecular weight excluding hydrogens is 212 g/mol. The Bertz CT molecular complexity index is 357. The van der Waals surface area contributed by atoms with Gasteiger partial charge in [0, 0.05) is 12.5 Å². The van der Waals surface area contributed by atoms with Gasteiger partial charge in [0.15, 0.2) is 0 Å². The summed E-state index contributed by atoms with van der Waals surface area (Å²) in [6, 6.07) is 8.38. The second kappa shape index (κ2) is 6.40. The predicted molar refractivity (Wildman–Crippen MR) is 70.5 cm³/mol. The van der Waals surface area contributed by atoms with Crippen LogP contribution in [0.25, 0.3) is 0 Å². The summed E-state index contributed by atoms with van der Waals surface area (Å²) in [6.45, 7) is 4.34. The van der Waals surface area contributed by atoms with Crippen LogP contribution in [0.5, 0.6) is 0 Å². The highest BCUT2D eigenvalue weighted by molar-refractivity contribution is 5.73. The van der Waals surface area contributed by atoms with Crippen molar-refractivity contribution in [1.82, 2.24) is 0 Å². The van der Waals surface area contributed by atoms with Gasteiger partial charge in [-0.2, -0.15) is 0 Å². The molecule has 0 aliphatic carbocycles. The minimum atomic E-state index is -0.257. The fourth-order valence-electron chi connectivity index (χ4n) is 1.79. The maximum absolute atomic E-state index is 10.6. The molecule has 0 fully saturated rings. The van der Waals surface area contributed by atoms with Crippen LogP contribution in [0.2, 0.25) is 0 Å². The molecule has 0 aromatic heterocycles. The fourth-order valence-corrected chi connectivity index (χ4v) is 1.79. The van der Waals surface area contributed by atoms with Gasteiger partial charge in [-0.1, -0.05) is 38.1 Å². The van der Waals surface area contributed by atoms with E-state index >= 15 is 0 Å². The van der Waals surface area contributed by atoms with Gasteiger partial charge in [0.2, 0.25) is 5.91 Å². The predicted octanol–water partition coefficient (Wildman–Crippen LogP) is 2.47. The third kappa shape index (κ3) is 4.57. The Morgan fingerprint density at radius 3 is 2.18 bits per heavy atom. The number of primary amides is 1. The van der Waals surface area contributed by atoms with Crippen LogP contribution in [0.3, 0.4) is 0 Å². The summed E-state index contributed by atoms with van der Waals surface area (Å²) in [5, 5.41) is 0. The number of benzene rings is 1. The van der Waals surface area contributed by atoms with Crippen LogP contribution in [0.4, 0.5) is 0 Å². The van der Waals surface area contributed by atoms with Crippen molar-refractivity contribution < 1.29 is 4.79 Å². The van der Waals surface area contributed by atoms with Crippen molar-refractivity contribution in [2.45, 2.75) is 45.1 Å². The third-order valence-corrected chi connectivity index (χ3v) is 2.97. The molecule has 0 aliphatic rings. The van der Waals surface area contributed by atoms with Crippen molar-refractivity contribution in [3.63, 3.8) is 0 Å². The molecule has 0 spiro atoms. The number of hydrogen-bond acceptors (Lipinski definition) is 2. The Morgan fingerprint density at radius 2 is 1.71 bits per heavy atom. The lowest BCUT2D eigenvalue weighted by Crippen LogP contribution is -2.14. The van der Waals surface area contributed by atoms with E-state index in [4.69, 9.17) is 11.5 Å². The Balaban J connectivity index is 2.51. The summed E-state index contributed by atoms with van der Waals surface area (Å²) in [7, 11) is 0. The second-order valence-electron chi connectivity index (χ2n) is 4.79. The van der Waals surface area contributed by atoms with Gasteiger partial charge in [-0.05, 0) is 29.9 Å². The summed E-state index contributed by atoms with van der Waals surface area (Å²) in [5.41, 5.74) is 13.6. The van der Waals surface area contributed by atoms with Crippen molar-refractivity contribution in [2.24, 2.45) is 11.5 Å². The van der Waals surface area contributed by atoms with Crippen LogP contribution < -0.4 is 11.5 Å².